The van der Waals surface area contributed by atoms with E-state index >= 15 is 0 Å². The van der Waals surface area contributed by atoms with Crippen molar-refractivity contribution in [3.05, 3.63) is 35.9 Å². The molecule has 1 rings (SSSR count). The monoisotopic (exact) mass is 233 g/mol. The summed E-state index contributed by atoms with van der Waals surface area (Å²) in [5.41, 5.74) is 0.924. The molecule has 0 heterocycles. The van der Waals surface area contributed by atoms with Crippen LogP contribution in [0.25, 0.3) is 0 Å². The van der Waals surface area contributed by atoms with Crippen LogP contribution in [0.4, 0.5) is 0 Å². The molecule has 0 N–H and O–H groups in total. The van der Waals surface area contributed by atoms with Crippen molar-refractivity contribution in [3.8, 4) is 0 Å². The van der Waals surface area contributed by atoms with E-state index in [-0.39, 0.29) is 11.5 Å². The van der Waals surface area contributed by atoms with E-state index in [4.69, 9.17) is 0 Å². The molecule has 0 bridgehead atoms. The molecule has 0 radical (unpaired) electrons. The van der Waals surface area contributed by atoms with Gasteiger partial charge in [0.2, 0.25) is 0 Å². The number of rotatable bonds is 4. The molecular weight excluding hydrogens is 210 g/mol. The molecule has 2 heteroatoms. The van der Waals surface area contributed by atoms with Gasteiger partial charge in [-0.1, -0.05) is 51.1 Å². The van der Waals surface area contributed by atoms with Gasteiger partial charge in [0, 0.05) is 5.41 Å². The molecule has 2 nitrogen and oxygen atoms in total. The minimum atomic E-state index is -0.288. The maximum atomic E-state index is 12.4. The highest BCUT2D eigenvalue weighted by Crippen LogP contribution is 2.21. The fourth-order valence-corrected chi connectivity index (χ4v) is 1.85. The summed E-state index contributed by atoms with van der Waals surface area (Å²) in [4.78, 5) is 14.4. The van der Waals surface area contributed by atoms with E-state index < -0.39 is 0 Å². The molecule has 0 aromatic heterocycles. The van der Waals surface area contributed by atoms with E-state index in [1.54, 1.807) is 0 Å². The summed E-state index contributed by atoms with van der Waals surface area (Å²) < 4.78 is 0. The largest absolute Gasteiger partial charge is 0.299 e. The third-order valence-corrected chi connectivity index (χ3v) is 2.94. The number of carbonyl (C=O) groups is 1. The van der Waals surface area contributed by atoms with Crippen molar-refractivity contribution in [3.63, 3.8) is 0 Å². The first-order valence-electron chi connectivity index (χ1n) is 6.07. The fourth-order valence-electron chi connectivity index (χ4n) is 1.85. The van der Waals surface area contributed by atoms with Crippen LogP contribution >= 0.6 is 0 Å². The SMILES string of the molecule is CN(C)[C@H](Cc1ccccc1)C(=O)C(C)(C)C. The topological polar surface area (TPSA) is 20.3 Å². The molecule has 0 spiro atoms. The van der Waals surface area contributed by atoms with Crippen molar-refractivity contribution in [1.29, 1.82) is 0 Å². The van der Waals surface area contributed by atoms with Gasteiger partial charge in [0.15, 0.2) is 5.78 Å². The summed E-state index contributed by atoms with van der Waals surface area (Å²) in [5, 5.41) is 0. The van der Waals surface area contributed by atoms with Gasteiger partial charge in [-0.2, -0.15) is 0 Å². The Morgan fingerprint density at radius 1 is 1.18 bits per heavy atom. The quantitative estimate of drug-likeness (QED) is 0.797. The van der Waals surface area contributed by atoms with E-state index in [9.17, 15) is 4.79 Å². The molecule has 94 valence electrons. The van der Waals surface area contributed by atoms with E-state index in [2.05, 4.69) is 12.1 Å². The number of likely N-dealkylation sites (N-methyl/N-ethyl adjacent to an activating group) is 1. The fraction of sp³-hybridized carbons (Fsp3) is 0.533. The Morgan fingerprint density at radius 2 is 1.71 bits per heavy atom. The molecular formula is C15H23NO. The molecule has 0 saturated heterocycles. The molecule has 17 heavy (non-hydrogen) atoms. The second kappa shape index (κ2) is 5.46. The Hall–Kier alpha value is -1.15. The molecule has 0 fully saturated rings. The molecule has 0 amide bonds. The Bertz CT molecular complexity index is 362. The van der Waals surface area contributed by atoms with E-state index in [1.165, 1.54) is 5.56 Å². The Kier molecular flexibility index (Phi) is 4.47. The summed E-state index contributed by atoms with van der Waals surface area (Å²) in [6, 6.07) is 10.1. The van der Waals surface area contributed by atoms with Crippen molar-refractivity contribution in [2.45, 2.75) is 33.2 Å². The second-order valence-corrected chi connectivity index (χ2v) is 5.78. The van der Waals surface area contributed by atoms with Gasteiger partial charge in [0.05, 0.1) is 6.04 Å². The van der Waals surface area contributed by atoms with Crippen LogP contribution in [0.15, 0.2) is 30.3 Å². The molecule has 1 aromatic carbocycles. The number of ketones is 1. The molecule has 1 aromatic rings. The number of carbonyl (C=O) groups excluding carboxylic acids is 1. The summed E-state index contributed by atoms with van der Waals surface area (Å²) >= 11 is 0. The molecule has 0 aliphatic heterocycles. The zero-order chi connectivity index (χ0) is 13.1. The summed E-state index contributed by atoms with van der Waals surface area (Å²) in [5.74, 6) is 0.298. The number of nitrogens with zero attached hydrogens (tertiary/aromatic N) is 1. The molecule has 0 unspecified atom stereocenters. The minimum absolute atomic E-state index is 0.0441. The highest BCUT2D eigenvalue weighted by atomic mass is 16.1. The molecule has 1 atom stereocenters. The van der Waals surface area contributed by atoms with Crippen molar-refractivity contribution in [2.24, 2.45) is 5.41 Å². The van der Waals surface area contributed by atoms with Crippen molar-refractivity contribution in [1.82, 2.24) is 4.90 Å². The van der Waals surface area contributed by atoms with Crippen LogP contribution in [-0.2, 0) is 11.2 Å². The summed E-state index contributed by atoms with van der Waals surface area (Å²) in [6.45, 7) is 5.95. The van der Waals surface area contributed by atoms with Crippen LogP contribution in [-0.4, -0.2) is 30.8 Å². The average molecular weight is 233 g/mol. The molecule has 0 aliphatic rings. The first-order chi connectivity index (χ1) is 7.82. The normalized spacial score (nSPS) is 13.8. The van der Waals surface area contributed by atoms with Gasteiger partial charge in [-0.25, -0.2) is 0 Å². The first-order valence-corrected chi connectivity index (χ1v) is 6.07. The van der Waals surface area contributed by atoms with Crippen LogP contribution in [0.1, 0.15) is 26.3 Å². The standard InChI is InChI=1S/C15H23NO/c1-15(2,3)14(17)13(16(4)5)11-12-9-7-6-8-10-12/h6-10,13H,11H2,1-5H3/t13-/m1/s1. The first kappa shape index (κ1) is 13.9. The highest BCUT2D eigenvalue weighted by molar-refractivity contribution is 5.88. The van der Waals surface area contributed by atoms with Crippen molar-refractivity contribution >= 4 is 5.78 Å². The van der Waals surface area contributed by atoms with Crippen LogP contribution in [0.5, 0.6) is 0 Å². The predicted molar refractivity (Wildman–Crippen MR) is 72.1 cm³/mol. The van der Waals surface area contributed by atoms with Gasteiger partial charge in [0.1, 0.15) is 0 Å². The van der Waals surface area contributed by atoms with Crippen LogP contribution in [0, 0.1) is 5.41 Å². The van der Waals surface area contributed by atoms with Crippen LogP contribution in [0.3, 0.4) is 0 Å². The van der Waals surface area contributed by atoms with Crippen LogP contribution in [0.2, 0.25) is 0 Å². The number of Topliss-reactive ketones (excluding diaryl/α,β-unsaturated/α-hetero) is 1. The van der Waals surface area contributed by atoms with Crippen LogP contribution < -0.4 is 0 Å². The Balaban J connectivity index is 2.85. The van der Waals surface area contributed by atoms with Gasteiger partial charge >= 0.3 is 0 Å². The second-order valence-electron chi connectivity index (χ2n) is 5.78. The van der Waals surface area contributed by atoms with Crippen molar-refractivity contribution in [2.75, 3.05) is 14.1 Å². The number of hydrogen-bond acceptors (Lipinski definition) is 2. The average Bonchev–Trinajstić information content (AvgIpc) is 2.24. The van der Waals surface area contributed by atoms with Gasteiger partial charge in [0.25, 0.3) is 0 Å². The maximum Gasteiger partial charge on any atom is 0.155 e. The third-order valence-electron chi connectivity index (χ3n) is 2.94. The smallest absolute Gasteiger partial charge is 0.155 e. The van der Waals surface area contributed by atoms with Gasteiger partial charge < -0.3 is 0 Å². The highest BCUT2D eigenvalue weighted by Gasteiger charge is 2.30. The predicted octanol–water partition coefficient (Wildman–Crippen LogP) is 2.77. The lowest BCUT2D eigenvalue weighted by molar-refractivity contribution is -0.130. The number of benzene rings is 1. The lowest BCUT2D eigenvalue weighted by Gasteiger charge is -2.29. The minimum Gasteiger partial charge on any atom is -0.299 e. The van der Waals surface area contributed by atoms with E-state index in [0.29, 0.717) is 5.78 Å². The van der Waals surface area contributed by atoms with Gasteiger partial charge in [-0.15, -0.1) is 0 Å². The molecule has 0 aliphatic carbocycles. The lowest BCUT2D eigenvalue weighted by Crippen LogP contribution is -2.43. The zero-order valence-corrected chi connectivity index (χ0v) is 11.5. The van der Waals surface area contributed by atoms with E-state index in [1.807, 2.05) is 58.0 Å². The third kappa shape index (κ3) is 3.97. The van der Waals surface area contributed by atoms with Gasteiger partial charge in [-0.05, 0) is 26.1 Å². The van der Waals surface area contributed by atoms with E-state index in [0.717, 1.165) is 6.42 Å². The summed E-state index contributed by atoms with van der Waals surface area (Å²) in [6.07, 6.45) is 0.782. The Morgan fingerprint density at radius 3 is 2.12 bits per heavy atom. The maximum absolute atomic E-state index is 12.4. The zero-order valence-electron chi connectivity index (χ0n) is 11.5. The Labute approximate surface area is 105 Å². The summed E-state index contributed by atoms with van der Waals surface area (Å²) in [7, 11) is 3.94. The van der Waals surface area contributed by atoms with Crippen molar-refractivity contribution < 1.29 is 4.79 Å². The molecule has 0 saturated carbocycles. The number of hydrogen-bond donors (Lipinski definition) is 0. The lowest BCUT2D eigenvalue weighted by atomic mass is 9.84. The van der Waals surface area contributed by atoms with Gasteiger partial charge in [-0.3, -0.25) is 9.69 Å².